The Kier molecular flexibility index (Phi) is 5.44. The van der Waals surface area contributed by atoms with E-state index >= 15 is 0 Å². The molecule has 1 aromatic carbocycles. The lowest BCUT2D eigenvalue weighted by Crippen LogP contribution is -2.21. The van der Waals surface area contributed by atoms with Crippen molar-refractivity contribution in [1.82, 2.24) is 14.9 Å². The highest BCUT2D eigenvalue weighted by Gasteiger charge is 2.24. The van der Waals surface area contributed by atoms with E-state index in [1.807, 2.05) is 36.5 Å². The average molecular weight is 373 g/mol. The number of pyridine rings is 2. The van der Waals surface area contributed by atoms with Crippen LogP contribution in [0, 0.1) is 0 Å². The molecule has 142 valence electrons. The highest BCUT2D eigenvalue weighted by Crippen LogP contribution is 2.30. The minimum atomic E-state index is -0.397. The monoisotopic (exact) mass is 373 g/mol. The smallest absolute Gasteiger partial charge is 0.356 e. The van der Waals surface area contributed by atoms with Crippen LogP contribution in [0.25, 0.3) is 11.3 Å². The summed E-state index contributed by atoms with van der Waals surface area (Å²) in [7, 11) is 1.38. The minimum Gasteiger partial charge on any atom is -0.464 e. The molecule has 28 heavy (non-hydrogen) atoms. The standard InChI is InChI=1S/C23H23N3O2/c1-28-23(27)21-9-5-8-20(25-21)16-26-13-11-19(15-26)18-10-12-24-22(14-18)17-6-3-2-4-7-17/h2-10,12,14,19H,11,13,15-16H2,1H3. The lowest BCUT2D eigenvalue weighted by atomic mass is 9.97. The number of methoxy groups -OCH3 is 1. The van der Waals surface area contributed by atoms with E-state index in [0.29, 0.717) is 11.6 Å². The van der Waals surface area contributed by atoms with Crippen molar-refractivity contribution in [1.29, 1.82) is 0 Å². The van der Waals surface area contributed by atoms with Crippen LogP contribution in [0.2, 0.25) is 0 Å². The predicted molar refractivity (Wildman–Crippen MR) is 108 cm³/mol. The number of carbonyl (C=O) groups is 1. The molecule has 5 heteroatoms. The van der Waals surface area contributed by atoms with Gasteiger partial charge in [-0.15, -0.1) is 0 Å². The number of ether oxygens (including phenoxy) is 1. The van der Waals surface area contributed by atoms with Gasteiger partial charge in [0, 0.05) is 24.8 Å². The molecular formula is C23H23N3O2. The van der Waals surface area contributed by atoms with E-state index in [0.717, 1.165) is 43.0 Å². The Morgan fingerprint density at radius 1 is 1.14 bits per heavy atom. The number of aromatic nitrogens is 2. The fraction of sp³-hybridized carbons (Fsp3) is 0.261. The molecule has 0 saturated carbocycles. The van der Waals surface area contributed by atoms with E-state index in [1.165, 1.54) is 12.7 Å². The highest BCUT2D eigenvalue weighted by molar-refractivity contribution is 5.87. The number of carbonyl (C=O) groups excluding carboxylic acids is 1. The first-order chi connectivity index (χ1) is 13.7. The van der Waals surface area contributed by atoms with Crippen LogP contribution in [-0.4, -0.2) is 41.0 Å². The van der Waals surface area contributed by atoms with Gasteiger partial charge in [0.1, 0.15) is 5.69 Å². The molecule has 0 radical (unpaired) electrons. The molecule has 1 saturated heterocycles. The van der Waals surface area contributed by atoms with Crippen LogP contribution in [0.4, 0.5) is 0 Å². The Balaban J connectivity index is 1.44. The van der Waals surface area contributed by atoms with E-state index in [4.69, 9.17) is 4.74 Å². The molecule has 1 atom stereocenters. The van der Waals surface area contributed by atoms with Crippen molar-refractivity contribution in [2.45, 2.75) is 18.9 Å². The van der Waals surface area contributed by atoms with Crippen molar-refractivity contribution in [3.63, 3.8) is 0 Å². The minimum absolute atomic E-state index is 0.359. The zero-order chi connectivity index (χ0) is 19.3. The maximum atomic E-state index is 11.7. The summed E-state index contributed by atoms with van der Waals surface area (Å²) in [6.07, 6.45) is 3.01. The first kappa shape index (κ1) is 18.3. The molecular weight excluding hydrogens is 350 g/mol. The molecule has 2 aromatic heterocycles. The van der Waals surface area contributed by atoms with Crippen LogP contribution in [0.15, 0.2) is 66.9 Å². The second-order valence-corrected chi connectivity index (χ2v) is 7.07. The van der Waals surface area contributed by atoms with Crippen LogP contribution < -0.4 is 0 Å². The summed E-state index contributed by atoms with van der Waals surface area (Å²) in [5, 5.41) is 0. The molecule has 3 aromatic rings. The van der Waals surface area contributed by atoms with E-state index < -0.39 is 5.97 Å². The predicted octanol–water partition coefficient (Wildman–Crippen LogP) is 3.92. The first-order valence-corrected chi connectivity index (χ1v) is 9.51. The lowest BCUT2D eigenvalue weighted by Gasteiger charge is -2.16. The number of hydrogen-bond donors (Lipinski definition) is 0. The van der Waals surface area contributed by atoms with Gasteiger partial charge in [-0.3, -0.25) is 9.88 Å². The van der Waals surface area contributed by atoms with Crippen molar-refractivity contribution in [2.75, 3.05) is 20.2 Å². The zero-order valence-corrected chi connectivity index (χ0v) is 15.9. The fourth-order valence-electron chi connectivity index (χ4n) is 3.73. The summed E-state index contributed by atoms with van der Waals surface area (Å²) in [6, 6.07) is 20.1. The molecule has 0 aliphatic carbocycles. The van der Waals surface area contributed by atoms with Crippen molar-refractivity contribution in [3.05, 3.63) is 83.8 Å². The lowest BCUT2D eigenvalue weighted by molar-refractivity contribution is 0.0593. The highest BCUT2D eigenvalue weighted by atomic mass is 16.5. The zero-order valence-electron chi connectivity index (χ0n) is 15.9. The Morgan fingerprint density at radius 3 is 2.82 bits per heavy atom. The van der Waals surface area contributed by atoms with Gasteiger partial charge in [-0.2, -0.15) is 0 Å². The largest absolute Gasteiger partial charge is 0.464 e. The van der Waals surface area contributed by atoms with E-state index in [9.17, 15) is 4.79 Å². The number of benzene rings is 1. The van der Waals surface area contributed by atoms with Gasteiger partial charge < -0.3 is 4.74 Å². The summed E-state index contributed by atoms with van der Waals surface area (Å²) in [4.78, 5) is 23.0. The topological polar surface area (TPSA) is 55.3 Å². The number of hydrogen-bond acceptors (Lipinski definition) is 5. The molecule has 0 spiro atoms. The maximum Gasteiger partial charge on any atom is 0.356 e. The normalized spacial score (nSPS) is 16.8. The number of nitrogens with zero attached hydrogens (tertiary/aromatic N) is 3. The van der Waals surface area contributed by atoms with Gasteiger partial charge in [0.05, 0.1) is 18.5 Å². The summed E-state index contributed by atoms with van der Waals surface area (Å²) in [5.74, 6) is 0.0839. The molecule has 5 nitrogen and oxygen atoms in total. The van der Waals surface area contributed by atoms with Gasteiger partial charge in [-0.05, 0) is 48.7 Å². The molecule has 1 unspecified atom stereocenters. The van der Waals surface area contributed by atoms with Gasteiger partial charge in [-0.1, -0.05) is 36.4 Å². The van der Waals surface area contributed by atoms with Crippen molar-refractivity contribution in [3.8, 4) is 11.3 Å². The second kappa shape index (κ2) is 8.31. The molecule has 1 aliphatic rings. The van der Waals surface area contributed by atoms with Gasteiger partial charge in [0.2, 0.25) is 0 Å². The Labute approximate surface area is 165 Å². The molecule has 1 aliphatic heterocycles. The fourth-order valence-corrected chi connectivity index (χ4v) is 3.73. The van der Waals surface area contributed by atoms with Crippen LogP contribution >= 0.6 is 0 Å². The molecule has 0 N–H and O–H groups in total. The van der Waals surface area contributed by atoms with Crippen LogP contribution in [0.5, 0.6) is 0 Å². The Hall–Kier alpha value is -3.05. The number of esters is 1. The van der Waals surface area contributed by atoms with Crippen LogP contribution in [0.3, 0.4) is 0 Å². The van der Waals surface area contributed by atoms with E-state index in [-0.39, 0.29) is 0 Å². The maximum absolute atomic E-state index is 11.7. The van der Waals surface area contributed by atoms with Crippen LogP contribution in [-0.2, 0) is 11.3 Å². The Morgan fingerprint density at radius 2 is 2.00 bits per heavy atom. The molecule has 1 fully saturated rings. The van der Waals surface area contributed by atoms with Crippen LogP contribution in [0.1, 0.15) is 34.1 Å². The van der Waals surface area contributed by atoms with Crippen molar-refractivity contribution < 1.29 is 9.53 Å². The third-order valence-corrected chi connectivity index (χ3v) is 5.18. The van der Waals surface area contributed by atoms with Gasteiger partial charge in [0.25, 0.3) is 0 Å². The Bertz CT molecular complexity index is 959. The third-order valence-electron chi connectivity index (χ3n) is 5.18. The first-order valence-electron chi connectivity index (χ1n) is 9.51. The summed E-state index contributed by atoms with van der Waals surface area (Å²) < 4.78 is 4.76. The van der Waals surface area contributed by atoms with Crippen molar-refractivity contribution in [2.24, 2.45) is 0 Å². The van der Waals surface area contributed by atoms with Gasteiger partial charge in [-0.25, -0.2) is 9.78 Å². The second-order valence-electron chi connectivity index (χ2n) is 7.07. The summed E-state index contributed by atoms with van der Waals surface area (Å²) >= 11 is 0. The molecule has 4 rings (SSSR count). The summed E-state index contributed by atoms with van der Waals surface area (Å²) in [6.45, 7) is 2.72. The molecule has 0 bridgehead atoms. The van der Waals surface area contributed by atoms with Gasteiger partial charge in [0.15, 0.2) is 0 Å². The molecule has 0 amide bonds. The van der Waals surface area contributed by atoms with Crippen molar-refractivity contribution >= 4 is 5.97 Å². The quantitative estimate of drug-likeness (QED) is 0.635. The third kappa shape index (κ3) is 4.10. The summed E-state index contributed by atoms with van der Waals surface area (Å²) in [5.41, 5.74) is 4.74. The number of likely N-dealkylation sites (tertiary alicyclic amines) is 1. The van der Waals surface area contributed by atoms with Gasteiger partial charge >= 0.3 is 5.97 Å². The number of rotatable bonds is 5. The van der Waals surface area contributed by atoms with E-state index in [1.54, 1.807) is 6.07 Å². The molecule has 3 heterocycles. The van der Waals surface area contributed by atoms with E-state index in [2.05, 4.69) is 39.1 Å². The average Bonchev–Trinajstić information content (AvgIpc) is 3.22. The SMILES string of the molecule is COC(=O)c1cccc(CN2CCC(c3ccnc(-c4ccccc4)c3)C2)n1.